The van der Waals surface area contributed by atoms with Crippen LogP contribution in [0.5, 0.6) is 0 Å². The number of thiazole rings is 1. The lowest BCUT2D eigenvalue weighted by Crippen LogP contribution is -2.46. The summed E-state index contributed by atoms with van der Waals surface area (Å²) in [4.78, 5) is 19.0. The summed E-state index contributed by atoms with van der Waals surface area (Å²) in [6, 6.07) is 0. The molecule has 82 valence electrons. The van der Waals surface area contributed by atoms with Gasteiger partial charge in [-0.3, -0.25) is 4.79 Å². The fraction of sp³-hybridized carbons (Fsp3) is 0.600. The molecule has 1 N–H and O–H groups in total. The summed E-state index contributed by atoms with van der Waals surface area (Å²) in [6.07, 6.45) is 2.31. The van der Waals surface area contributed by atoms with E-state index in [1.165, 1.54) is 0 Å². The average molecular weight is 225 g/mol. The Balaban J connectivity index is 1.91. The van der Waals surface area contributed by atoms with E-state index in [0.717, 1.165) is 36.1 Å². The van der Waals surface area contributed by atoms with Gasteiger partial charge in [0.1, 0.15) is 0 Å². The predicted molar refractivity (Wildman–Crippen MR) is 60.0 cm³/mol. The van der Waals surface area contributed by atoms with Crippen molar-refractivity contribution in [2.24, 2.45) is 0 Å². The number of hydrogen-bond acceptors (Lipinski definition) is 4. The summed E-state index contributed by atoms with van der Waals surface area (Å²) in [7, 11) is 0. The van der Waals surface area contributed by atoms with Gasteiger partial charge in [0.2, 0.25) is 5.91 Å². The maximum absolute atomic E-state index is 11.9. The molecule has 0 aliphatic carbocycles. The Morgan fingerprint density at radius 3 is 2.93 bits per heavy atom. The minimum absolute atomic E-state index is 0.222. The van der Waals surface area contributed by atoms with Gasteiger partial charge in [0, 0.05) is 37.3 Å². The molecule has 0 aromatic carbocycles. The van der Waals surface area contributed by atoms with E-state index in [4.69, 9.17) is 0 Å². The van der Waals surface area contributed by atoms with Crippen LogP contribution in [0.1, 0.15) is 9.88 Å². The monoisotopic (exact) mass is 225 g/mol. The fourth-order valence-electron chi connectivity index (χ4n) is 1.66. The molecule has 1 amide bonds. The van der Waals surface area contributed by atoms with Crippen LogP contribution in [0.4, 0.5) is 0 Å². The highest BCUT2D eigenvalue weighted by Gasteiger charge is 2.16. The number of hydrogen-bond donors (Lipinski definition) is 1. The lowest BCUT2D eigenvalue weighted by molar-refractivity contribution is -0.130. The van der Waals surface area contributed by atoms with E-state index in [2.05, 4.69) is 10.3 Å². The van der Waals surface area contributed by atoms with E-state index in [0.29, 0.717) is 6.42 Å². The van der Waals surface area contributed by atoms with Gasteiger partial charge >= 0.3 is 0 Å². The van der Waals surface area contributed by atoms with Crippen molar-refractivity contribution in [1.29, 1.82) is 0 Å². The number of nitrogens with zero attached hydrogens (tertiary/aromatic N) is 2. The molecular weight excluding hydrogens is 210 g/mol. The van der Waals surface area contributed by atoms with Gasteiger partial charge in [-0.15, -0.1) is 11.3 Å². The molecule has 0 saturated carbocycles. The minimum atomic E-state index is 0.222. The van der Waals surface area contributed by atoms with E-state index in [1.807, 2.05) is 11.8 Å². The normalized spacial score (nSPS) is 16.7. The zero-order valence-electron chi connectivity index (χ0n) is 8.82. The summed E-state index contributed by atoms with van der Waals surface area (Å²) in [6.45, 7) is 5.44. The number of carbonyl (C=O) groups excluding carboxylic acids is 1. The molecule has 0 atom stereocenters. The molecule has 1 saturated heterocycles. The first-order chi connectivity index (χ1) is 7.25. The van der Waals surface area contributed by atoms with Crippen LogP contribution in [0.25, 0.3) is 0 Å². The Morgan fingerprint density at radius 1 is 1.60 bits per heavy atom. The lowest BCUT2D eigenvalue weighted by atomic mass is 10.3. The number of nitrogens with one attached hydrogen (secondary N) is 1. The van der Waals surface area contributed by atoms with Gasteiger partial charge < -0.3 is 10.2 Å². The number of piperazine rings is 1. The van der Waals surface area contributed by atoms with Crippen LogP contribution in [-0.2, 0) is 11.2 Å². The molecule has 0 bridgehead atoms. The highest BCUT2D eigenvalue weighted by atomic mass is 32.1. The predicted octanol–water partition coefficient (Wildman–Crippen LogP) is 0.426. The first-order valence-electron chi connectivity index (χ1n) is 5.15. The van der Waals surface area contributed by atoms with Gasteiger partial charge in [-0.25, -0.2) is 4.98 Å². The highest BCUT2D eigenvalue weighted by molar-refractivity contribution is 7.11. The summed E-state index contributed by atoms with van der Waals surface area (Å²) < 4.78 is 0. The third kappa shape index (κ3) is 2.76. The van der Waals surface area contributed by atoms with Gasteiger partial charge in [0.05, 0.1) is 11.4 Å². The number of aromatic nitrogens is 1. The van der Waals surface area contributed by atoms with Crippen LogP contribution in [-0.4, -0.2) is 42.0 Å². The molecule has 0 unspecified atom stereocenters. The molecule has 1 aliphatic heterocycles. The van der Waals surface area contributed by atoms with Gasteiger partial charge in [-0.1, -0.05) is 0 Å². The standard InChI is InChI=1S/C10H15N3OS/c1-8-12-7-9(15-8)6-10(14)13-4-2-11-3-5-13/h7,11H,2-6H2,1H3. The topological polar surface area (TPSA) is 45.2 Å². The summed E-state index contributed by atoms with van der Waals surface area (Å²) in [5, 5.41) is 4.26. The molecule has 2 heterocycles. The number of amides is 1. The van der Waals surface area contributed by atoms with Crippen LogP contribution in [0.15, 0.2) is 6.20 Å². The second kappa shape index (κ2) is 4.72. The zero-order valence-corrected chi connectivity index (χ0v) is 9.64. The fourth-order valence-corrected chi connectivity index (χ4v) is 2.45. The van der Waals surface area contributed by atoms with E-state index < -0.39 is 0 Å². The van der Waals surface area contributed by atoms with Crippen molar-refractivity contribution in [3.05, 3.63) is 16.1 Å². The second-order valence-electron chi connectivity index (χ2n) is 3.65. The number of aryl methyl sites for hydroxylation is 1. The highest BCUT2D eigenvalue weighted by Crippen LogP contribution is 2.13. The van der Waals surface area contributed by atoms with Crippen molar-refractivity contribution in [2.75, 3.05) is 26.2 Å². The van der Waals surface area contributed by atoms with Crippen molar-refractivity contribution in [3.8, 4) is 0 Å². The van der Waals surface area contributed by atoms with Crippen LogP contribution in [0.2, 0.25) is 0 Å². The molecule has 15 heavy (non-hydrogen) atoms. The van der Waals surface area contributed by atoms with Crippen LogP contribution in [0.3, 0.4) is 0 Å². The van der Waals surface area contributed by atoms with Crippen LogP contribution >= 0.6 is 11.3 Å². The molecule has 1 aromatic rings. The van der Waals surface area contributed by atoms with Crippen molar-refractivity contribution < 1.29 is 4.79 Å². The Bertz CT molecular complexity index is 344. The van der Waals surface area contributed by atoms with E-state index in [1.54, 1.807) is 17.5 Å². The van der Waals surface area contributed by atoms with Crippen molar-refractivity contribution in [3.63, 3.8) is 0 Å². The Kier molecular flexibility index (Phi) is 3.33. The van der Waals surface area contributed by atoms with Crippen molar-refractivity contribution >= 4 is 17.2 Å². The van der Waals surface area contributed by atoms with E-state index in [9.17, 15) is 4.79 Å². The maximum Gasteiger partial charge on any atom is 0.227 e. The maximum atomic E-state index is 11.9. The van der Waals surface area contributed by atoms with E-state index in [-0.39, 0.29) is 5.91 Å². The zero-order chi connectivity index (χ0) is 10.7. The van der Waals surface area contributed by atoms with Gasteiger partial charge in [0.15, 0.2) is 0 Å². The van der Waals surface area contributed by atoms with Crippen LogP contribution < -0.4 is 5.32 Å². The third-order valence-corrected chi connectivity index (χ3v) is 3.38. The van der Waals surface area contributed by atoms with Gasteiger partial charge in [0.25, 0.3) is 0 Å². The molecule has 2 rings (SSSR count). The van der Waals surface area contributed by atoms with Gasteiger partial charge in [-0.05, 0) is 6.92 Å². The lowest BCUT2D eigenvalue weighted by Gasteiger charge is -2.27. The first-order valence-corrected chi connectivity index (χ1v) is 5.97. The molecular formula is C10H15N3OS. The number of carbonyl (C=O) groups is 1. The largest absolute Gasteiger partial charge is 0.340 e. The molecule has 0 spiro atoms. The summed E-state index contributed by atoms with van der Waals surface area (Å²) in [5.74, 6) is 0.222. The SMILES string of the molecule is Cc1ncc(CC(=O)N2CCNCC2)s1. The van der Waals surface area contributed by atoms with Crippen LogP contribution in [0, 0.1) is 6.92 Å². The average Bonchev–Trinajstić information content (AvgIpc) is 2.65. The second-order valence-corrected chi connectivity index (χ2v) is 4.97. The molecule has 5 heteroatoms. The Morgan fingerprint density at radius 2 is 2.33 bits per heavy atom. The molecule has 4 nitrogen and oxygen atoms in total. The van der Waals surface area contributed by atoms with Crippen molar-refractivity contribution in [2.45, 2.75) is 13.3 Å². The Hall–Kier alpha value is -0.940. The minimum Gasteiger partial charge on any atom is -0.340 e. The smallest absolute Gasteiger partial charge is 0.227 e. The number of rotatable bonds is 2. The van der Waals surface area contributed by atoms with E-state index >= 15 is 0 Å². The molecule has 0 radical (unpaired) electrons. The summed E-state index contributed by atoms with van der Waals surface area (Å²) >= 11 is 1.61. The summed E-state index contributed by atoms with van der Waals surface area (Å²) in [5.41, 5.74) is 0. The molecule has 1 aliphatic rings. The molecule has 1 fully saturated rings. The van der Waals surface area contributed by atoms with Gasteiger partial charge in [-0.2, -0.15) is 0 Å². The quantitative estimate of drug-likeness (QED) is 0.793. The third-order valence-electron chi connectivity index (χ3n) is 2.46. The Labute approximate surface area is 93.3 Å². The molecule has 1 aromatic heterocycles. The van der Waals surface area contributed by atoms with Crippen molar-refractivity contribution in [1.82, 2.24) is 15.2 Å². The first kappa shape index (κ1) is 10.6.